The van der Waals surface area contributed by atoms with Crippen molar-refractivity contribution in [2.75, 3.05) is 19.0 Å². The van der Waals surface area contributed by atoms with Gasteiger partial charge in [0.1, 0.15) is 0 Å². The second-order valence-corrected chi connectivity index (χ2v) is 2.71. The molecule has 15 heavy (non-hydrogen) atoms. The fraction of sp³-hybridized carbons (Fsp3) is 0.500. The van der Waals surface area contributed by atoms with E-state index in [4.69, 9.17) is 4.74 Å². The highest BCUT2D eigenvalue weighted by Gasteiger charge is 2.26. The molecule has 7 heteroatoms. The van der Waals surface area contributed by atoms with Crippen molar-refractivity contribution in [1.82, 2.24) is 9.97 Å². The number of rotatable bonds is 4. The first-order valence-corrected chi connectivity index (χ1v) is 4.19. The van der Waals surface area contributed by atoms with Gasteiger partial charge in [0.15, 0.2) is 0 Å². The molecule has 1 rings (SSSR count). The van der Waals surface area contributed by atoms with Crippen LogP contribution in [0.5, 0.6) is 5.88 Å². The van der Waals surface area contributed by atoms with Crippen LogP contribution in [0.3, 0.4) is 0 Å². The van der Waals surface area contributed by atoms with Gasteiger partial charge in [-0.1, -0.05) is 0 Å². The van der Waals surface area contributed by atoms with Gasteiger partial charge in [-0.25, -0.2) is 4.98 Å². The van der Waals surface area contributed by atoms with E-state index in [1.807, 2.05) is 0 Å². The zero-order valence-electron chi connectivity index (χ0n) is 8.01. The first kappa shape index (κ1) is 11.5. The van der Waals surface area contributed by atoms with E-state index in [1.165, 1.54) is 19.4 Å². The third kappa shape index (κ3) is 4.48. The Morgan fingerprint density at radius 2 is 2.20 bits per heavy atom. The third-order valence-electron chi connectivity index (χ3n) is 1.53. The molecule has 4 nitrogen and oxygen atoms in total. The lowest BCUT2D eigenvalue weighted by atomic mass is 10.4. The molecule has 0 unspecified atom stereocenters. The van der Waals surface area contributed by atoms with Crippen molar-refractivity contribution < 1.29 is 17.9 Å². The van der Waals surface area contributed by atoms with Gasteiger partial charge in [-0.2, -0.15) is 18.2 Å². The molecule has 0 spiro atoms. The lowest BCUT2D eigenvalue weighted by Gasteiger charge is -2.07. The number of ether oxygens (including phenoxy) is 1. The van der Waals surface area contributed by atoms with Crippen molar-refractivity contribution >= 4 is 5.95 Å². The van der Waals surface area contributed by atoms with E-state index in [2.05, 4.69) is 15.3 Å². The second-order valence-electron chi connectivity index (χ2n) is 2.71. The standard InChI is InChI=1S/C8H10F3N3O/c1-15-6-2-4-12-7(14-6)13-5-3-8(9,10)11/h2,4H,3,5H2,1H3,(H,12,13,14). The summed E-state index contributed by atoms with van der Waals surface area (Å²) in [5.74, 6) is 0.429. The molecule has 0 aliphatic heterocycles. The number of aromatic nitrogens is 2. The van der Waals surface area contributed by atoms with Crippen LogP contribution in [0.25, 0.3) is 0 Å². The topological polar surface area (TPSA) is 47.0 Å². The molecule has 0 radical (unpaired) electrons. The fourth-order valence-electron chi connectivity index (χ4n) is 0.857. The van der Waals surface area contributed by atoms with Crippen molar-refractivity contribution in [1.29, 1.82) is 0 Å². The number of hydrogen-bond acceptors (Lipinski definition) is 4. The van der Waals surface area contributed by atoms with Crippen molar-refractivity contribution in [3.05, 3.63) is 12.3 Å². The molecule has 84 valence electrons. The van der Waals surface area contributed by atoms with Crippen LogP contribution in [-0.2, 0) is 0 Å². The molecule has 1 aromatic heterocycles. The molecular weight excluding hydrogens is 211 g/mol. The molecule has 0 saturated carbocycles. The monoisotopic (exact) mass is 221 g/mol. The highest BCUT2D eigenvalue weighted by molar-refractivity contribution is 5.27. The molecule has 1 aromatic rings. The minimum Gasteiger partial charge on any atom is -0.481 e. The Morgan fingerprint density at radius 3 is 2.80 bits per heavy atom. The molecule has 1 heterocycles. The molecule has 0 amide bonds. The maximum Gasteiger partial charge on any atom is 0.390 e. The van der Waals surface area contributed by atoms with Gasteiger partial charge in [-0.3, -0.25) is 0 Å². The maximum absolute atomic E-state index is 11.8. The lowest BCUT2D eigenvalue weighted by molar-refractivity contribution is -0.131. The minimum atomic E-state index is -4.17. The Labute approximate surface area is 84.5 Å². The summed E-state index contributed by atoms with van der Waals surface area (Å²) in [5.41, 5.74) is 0. The van der Waals surface area contributed by atoms with Gasteiger partial charge in [0, 0.05) is 18.8 Å². The number of methoxy groups -OCH3 is 1. The number of nitrogens with one attached hydrogen (secondary N) is 1. The molecule has 0 aliphatic carbocycles. The van der Waals surface area contributed by atoms with Crippen molar-refractivity contribution in [3.8, 4) is 5.88 Å². The number of alkyl halides is 3. The summed E-state index contributed by atoms with van der Waals surface area (Å²) in [6.45, 7) is -0.253. The van der Waals surface area contributed by atoms with Crippen molar-refractivity contribution in [2.45, 2.75) is 12.6 Å². The fourth-order valence-corrected chi connectivity index (χ4v) is 0.857. The van der Waals surface area contributed by atoms with Crippen LogP contribution in [0.4, 0.5) is 19.1 Å². The van der Waals surface area contributed by atoms with Crippen LogP contribution >= 0.6 is 0 Å². The van der Waals surface area contributed by atoms with Gasteiger partial charge in [-0.15, -0.1) is 0 Å². The summed E-state index contributed by atoms with van der Waals surface area (Å²) in [6.07, 6.45) is -3.69. The molecule has 0 saturated heterocycles. The van der Waals surface area contributed by atoms with Crippen LogP contribution in [0.2, 0.25) is 0 Å². The maximum atomic E-state index is 11.8. The highest BCUT2D eigenvalue weighted by atomic mass is 19.4. The summed E-state index contributed by atoms with van der Waals surface area (Å²) >= 11 is 0. The molecule has 0 atom stereocenters. The van der Waals surface area contributed by atoms with Crippen LogP contribution in [0.1, 0.15) is 6.42 Å². The third-order valence-corrected chi connectivity index (χ3v) is 1.53. The van der Waals surface area contributed by atoms with E-state index >= 15 is 0 Å². The molecule has 0 bridgehead atoms. The summed E-state index contributed by atoms with van der Waals surface area (Å²) in [7, 11) is 1.42. The largest absolute Gasteiger partial charge is 0.481 e. The van der Waals surface area contributed by atoms with Gasteiger partial charge in [-0.05, 0) is 0 Å². The Morgan fingerprint density at radius 1 is 1.47 bits per heavy atom. The van der Waals surface area contributed by atoms with E-state index in [-0.39, 0.29) is 12.5 Å². The van der Waals surface area contributed by atoms with E-state index in [1.54, 1.807) is 0 Å². The highest BCUT2D eigenvalue weighted by Crippen LogP contribution is 2.19. The van der Waals surface area contributed by atoms with E-state index in [0.29, 0.717) is 5.88 Å². The molecule has 0 aromatic carbocycles. The first-order valence-electron chi connectivity index (χ1n) is 4.19. The predicted octanol–water partition coefficient (Wildman–Crippen LogP) is 1.85. The quantitative estimate of drug-likeness (QED) is 0.842. The van der Waals surface area contributed by atoms with Crippen LogP contribution in [0.15, 0.2) is 12.3 Å². The smallest absolute Gasteiger partial charge is 0.390 e. The normalized spacial score (nSPS) is 11.2. The first-order chi connectivity index (χ1) is 7.01. The second kappa shape index (κ2) is 4.81. The number of nitrogens with zero attached hydrogens (tertiary/aromatic N) is 2. The Balaban J connectivity index is 2.44. The average molecular weight is 221 g/mol. The summed E-state index contributed by atoms with van der Waals surface area (Å²) in [4.78, 5) is 7.54. The van der Waals surface area contributed by atoms with Gasteiger partial charge in [0.2, 0.25) is 11.8 Å². The Hall–Kier alpha value is -1.53. The molecule has 0 fully saturated rings. The number of halogens is 3. The van der Waals surface area contributed by atoms with Gasteiger partial charge in [0.25, 0.3) is 0 Å². The van der Waals surface area contributed by atoms with Gasteiger partial charge < -0.3 is 10.1 Å². The average Bonchev–Trinajstić information content (AvgIpc) is 2.16. The van der Waals surface area contributed by atoms with E-state index in [0.717, 1.165) is 0 Å². The molecular formula is C8H10F3N3O. The van der Waals surface area contributed by atoms with Crippen molar-refractivity contribution in [2.24, 2.45) is 0 Å². The molecule has 1 N–H and O–H groups in total. The Kier molecular flexibility index (Phi) is 3.70. The van der Waals surface area contributed by atoms with Gasteiger partial charge >= 0.3 is 6.18 Å². The number of hydrogen-bond donors (Lipinski definition) is 1. The van der Waals surface area contributed by atoms with Crippen molar-refractivity contribution in [3.63, 3.8) is 0 Å². The number of anilines is 1. The van der Waals surface area contributed by atoms with Crippen LogP contribution < -0.4 is 10.1 Å². The predicted molar refractivity (Wildman–Crippen MR) is 47.7 cm³/mol. The minimum absolute atomic E-state index is 0.124. The molecule has 0 aliphatic rings. The lowest BCUT2D eigenvalue weighted by Crippen LogP contribution is -2.15. The van der Waals surface area contributed by atoms with Crippen LogP contribution in [-0.4, -0.2) is 29.8 Å². The van der Waals surface area contributed by atoms with E-state index < -0.39 is 12.6 Å². The Bertz CT molecular complexity index is 316. The summed E-state index contributed by atoms with van der Waals surface area (Å²) < 4.78 is 40.2. The summed E-state index contributed by atoms with van der Waals surface area (Å²) in [6, 6.07) is 1.51. The van der Waals surface area contributed by atoms with E-state index in [9.17, 15) is 13.2 Å². The summed E-state index contributed by atoms with van der Waals surface area (Å²) in [5, 5.41) is 2.45. The SMILES string of the molecule is COc1ccnc(NCCC(F)(F)F)n1. The zero-order valence-corrected chi connectivity index (χ0v) is 8.01. The zero-order chi connectivity index (χ0) is 11.3. The van der Waals surface area contributed by atoms with Crippen LogP contribution in [0, 0.1) is 0 Å². The van der Waals surface area contributed by atoms with Gasteiger partial charge in [0.05, 0.1) is 13.5 Å².